The van der Waals surface area contributed by atoms with Gasteiger partial charge in [0.15, 0.2) is 12.1 Å². The van der Waals surface area contributed by atoms with Crippen LogP contribution in [0.5, 0.6) is 0 Å². The third kappa shape index (κ3) is 3.27. The lowest BCUT2D eigenvalue weighted by Crippen LogP contribution is -2.39. The highest BCUT2D eigenvalue weighted by atomic mass is 35.5. The fraction of sp³-hybridized carbons (Fsp3) is 0.238. The first-order valence-electron chi connectivity index (χ1n) is 9.63. The fourth-order valence-corrected chi connectivity index (χ4v) is 3.86. The summed E-state index contributed by atoms with van der Waals surface area (Å²) in [6.45, 7) is 4.10. The summed E-state index contributed by atoms with van der Waals surface area (Å²) in [7, 11) is 0. The minimum absolute atomic E-state index is 0.0604. The van der Waals surface area contributed by atoms with E-state index in [-0.39, 0.29) is 12.4 Å². The van der Waals surface area contributed by atoms with Crippen LogP contribution in [0.15, 0.2) is 57.3 Å². The molecule has 0 saturated carbocycles. The summed E-state index contributed by atoms with van der Waals surface area (Å²) in [5, 5.41) is 13.9. The van der Waals surface area contributed by atoms with Crippen molar-refractivity contribution in [3.05, 3.63) is 64.5 Å². The van der Waals surface area contributed by atoms with E-state index >= 15 is 0 Å². The predicted molar refractivity (Wildman–Crippen MR) is 111 cm³/mol. The van der Waals surface area contributed by atoms with Crippen molar-refractivity contribution >= 4 is 29.1 Å². The first-order valence-corrected chi connectivity index (χ1v) is 10.0. The number of anilines is 1. The van der Waals surface area contributed by atoms with E-state index in [2.05, 4.69) is 20.5 Å². The second-order valence-corrected chi connectivity index (χ2v) is 7.93. The Hall–Kier alpha value is -3.59. The summed E-state index contributed by atoms with van der Waals surface area (Å²) in [6, 6.07) is 10.7. The van der Waals surface area contributed by atoms with Crippen molar-refractivity contribution in [2.75, 3.05) is 4.90 Å². The molecule has 1 aromatic heterocycles. The average molecular weight is 437 g/mol. The fourth-order valence-electron chi connectivity index (χ4n) is 3.68. The first kappa shape index (κ1) is 19.4. The van der Waals surface area contributed by atoms with Gasteiger partial charge in [0.2, 0.25) is 11.7 Å². The van der Waals surface area contributed by atoms with Crippen LogP contribution in [-0.2, 0) is 16.1 Å². The Balaban J connectivity index is 1.37. The molecule has 3 aromatic rings. The number of halogens is 1. The van der Waals surface area contributed by atoms with E-state index in [0.29, 0.717) is 16.5 Å². The van der Waals surface area contributed by atoms with E-state index < -0.39 is 23.9 Å². The number of hydrogen-bond acceptors (Lipinski definition) is 8. The summed E-state index contributed by atoms with van der Waals surface area (Å²) in [4.78, 5) is 31.3. The monoisotopic (exact) mass is 436 g/mol. The first-order chi connectivity index (χ1) is 14.9. The van der Waals surface area contributed by atoms with Gasteiger partial charge in [-0.15, -0.1) is 0 Å². The summed E-state index contributed by atoms with van der Waals surface area (Å²) < 4.78 is 5.36. The maximum atomic E-state index is 13.0. The topological polar surface area (TPSA) is 104 Å². The molecule has 2 aromatic carbocycles. The molecule has 0 N–H and O–H groups in total. The van der Waals surface area contributed by atoms with Gasteiger partial charge in [0, 0.05) is 10.6 Å². The number of nitrogens with zero attached hydrogens (tertiary/aromatic N) is 6. The molecule has 2 atom stereocenters. The molecule has 0 aliphatic carbocycles. The maximum Gasteiger partial charge on any atom is 0.263 e. The Morgan fingerprint density at radius 1 is 1.06 bits per heavy atom. The van der Waals surface area contributed by atoms with Gasteiger partial charge in [-0.3, -0.25) is 14.6 Å². The SMILES string of the molecule is Cc1ccc(-c2noc(CN3N=N[C@@H]4C(=O)N(c5cccc(Cl)c5)C(=O)[C@@H]43)n2)cc1C. The molecule has 9 nitrogen and oxygen atoms in total. The largest absolute Gasteiger partial charge is 0.337 e. The van der Waals surface area contributed by atoms with Crippen molar-refractivity contribution in [1.82, 2.24) is 15.1 Å². The van der Waals surface area contributed by atoms with E-state index in [4.69, 9.17) is 16.1 Å². The molecule has 2 aliphatic heterocycles. The molecular weight excluding hydrogens is 420 g/mol. The number of rotatable bonds is 4. The standard InChI is InChI=1S/C21H17ClN6O3/c1-11-6-7-13(8-12(11)2)19-23-16(31-25-19)10-27-18-17(24-26-27)20(29)28(21(18)30)15-5-3-4-14(22)9-15/h3-9,17-18H,10H2,1-2H3/t17-,18+/m0/s1. The summed E-state index contributed by atoms with van der Waals surface area (Å²) in [5.74, 6) is -0.143. The molecule has 2 amide bonds. The van der Waals surface area contributed by atoms with Crippen molar-refractivity contribution < 1.29 is 14.1 Å². The molecule has 0 bridgehead atoms. The van der Waals surface area contributed by atoms with Crippen LogP contribution in [-0.4, -0.2) is 39.0 Å². The van der Waals surface area contributed by atoms with Crippen LogP contribution in [0.25, 0.3) is 11.4 Å². The van der Waals surface area contributed by atoms with Crippen molar-refractivity contribution in [2.24, 2.45) is 10.3 Å². The van der Waals surface area contributed by atoms with E-state index in [9.17, 15) is 9.59 Å². The summed E-state index contributed by atoms with van der Waals surface area (Å²) in [5.41, 5.74) is 3.53. The number of amides is 2. The molecule has 2 aliphatic rings. The molecule has 0 unspecified atom stereocenters. The Kier molecular flexibility index (Phi) is 4.55. The number of aromatic nitrogens is 2. The molecule has 5 rings (SSSR count). The van der Waals surface area contributed by atoms with Crippen molar-refractivity contribution in [1.29, 1.82) is 0 Å². The minimum Gasteiger partial charge on any atom is -0.337 e. The molecular formula is C21H17ClN6O3. The summed E-state index contributed by atoms with van der Waals surface area (Å²) in [6.07, 6.45) is 0. The van der Waals surface area contributed by atoms with Gasteiger partial charge in [-0.25, -0.2) is 4.90 Å². The van der Waals surface area contributed by atoms with Crippen LogP contribution in [0, 0.1) is 13.8 Å². The highest BCUT2D eigenvalue weighted by Gasteiger charge is 2.55. The maximum absolute atomic E-state index is 13.0. The Labute approximate surface area is 182 Å². The molecule has 1 fully saturated rings. The van der Waals surface area contributed by atoms with Crippen molar-refractivity contribution in [3.63, 3.8) is 0 Å². The minimum atomic E-state index is -0.909. The molecule has 1 saturated heterocycles. The number of benzene rings is 2. The number of hydrogen-bond donors (Lipinski definition) is 0. The van der Waals surface area contributed by atoms with Gasteiger partial charge < -0.3 is 4.52 Å². The van der Waals surface area contributed by atoms with Crippen LogP contribution >= 0.6 is 11.6 Å². The van der Waals surface area contributed by atoms with Crippen molar-refractivity contribution in [2.45, 2.75) is 32.5 Å². The third-order valence-corrected chi connectivity index (χ3v) is 5.69. The van der Waals surface area contributed by atoms with E-state index in [1.165, 1.54) is 10.6 Å². The van der Waals surface area contributed by atoms with Gasteiger partial charge in [0.05, 0.1) is 5.69 Å². The number of carbonyl (C=O) groups excluding carboxylic acids is 2. The van der Waals surface area contributed by atoms with Gasteiger partial charge in [0.1, 0.15) is 6.54 Å². The number of fused-ring (bicyclic) bond motifs is 1. The number of imide groups is 1. The van der Waals surface area contributed by atoms with Gasteiger partial charge >= 0.3 is 0 Å². The van der Waals surface area contributed by atoms with Crippen LogP contribution < -0.4 is 4.90 Å². The van der Waals surface area contributed by atoms with Gasteiger partial charge in [-0.2, -0.15) is 10.1 Å². The van der Waals surface area contributed by atoms with Crippen LogP contribution in [0.1, 0.15) is 17.0 Å². The molecule has 31 heavy (non-hydrogen) atoms. The lowest BCUT2D eigenvalue weighted by molar-refractivity contribution is -0.123. The lowest BCUT2D eigenvalue weighted by atomic mass is 10.1. The zero-order chi connectivity index (χ0) is 21.7. The van der Waals surface area contributed by atoms with Gasteiger partial charge in [-0.1, -0.05) is 40.2 Å². The second-order valence-electron chi connectivity index (χ2n) is 7.49. The van der Waals surface area contributed by atoms with Crippen LogP contribution in [0.2, 0.25) is 5.02 Å². The van der Waals surface area contributed by atoms with Crippen molar-refractivity contribution in [3.8, 4) is 11.4 Å². The molecule has 0 radical (unpaired) electrons. The Morgan fingerprint density at radius 3 is 2.68 bits per heavy atom. The van der Waals surface area contributed by atoms with E-state index in [1.54, 1.807) is 24.3 Å². The molecule has 0 spiro atoms. The predicted octanol–water partition coefficient (Wildman–Crippen LogP) is 3.50. The molecule has 156 valence electrons. The van der Waals surface area contributed by atoms with Crippen LogP contribution in [0.3, 0.4) is 0 Å². The zero-order valence-corrected chi connectivity index (χ0v) is 17.4. The zero-order valence-electron chi connectivity index (χ0n) is 16.7. The van der Waals surface area contributed by atoms with E-state index in [0.717, 1.165) is 16.0 Å². The number of aryl methyl sites for hydroxylation is 2. The van der Waals surface area contributed by atoms with Gasteiger partial charge in [-0.05, 0) is 49.2 Å². The van der Waals surface area contributed by atoms with E-state index in [1.807, 2.05) is 32.0 Å². The second kappa shape index (κ2) is 7.28. The highest BCUT2D eigenvalue weighted by molar-refractivity contribution is 6.31. The lowest BCUT2D eigenvalue weighted by Gasteiger charge is -2.19. The molecule has 3 heterocycles. The Bertz CT molecular complexity index is 1240. The normalized spacial score (nSPS) is 20.1. The quantitative estimate of drug-likeness (QED) is 0.580. The number of carbonyl (C=O) groups is 2. The highest BCUT2D eigenvalue weighted by Crippen LogP contribution is 2.33. The average Bonchev–Trinajstić information content (AvgIpc) is 3.43. The Morgan fingerprint density at radius 2 is 1.90 bits per heavy atom. The van der Waals surface area contributed by atoms with Gasteiger partial charge in [0.25, 0.3) is 11.8 Å². The third-order valence-electron chi connectivity index (χ3n) is 5.45. The molecule has 10 heteroatoms. The smallest absolute Gasteiger partial charge is 0.263 e. The summed E-state index contributed by atoms with van der Waals surface area (Å²) >= 11 is 6.02. The van der Waals surface area contributed by atoms with Crippen LogP contribution in [0.4, 0.5) is 5.69 Å².